The number of aliphatic hydroxyl groups is 1. The van der Waals surface area contributed by atoms with E-state index < -0.39 is 18.0 Å². The van der Waals surface area contributed by atoms with E-state index in [0.29, 0.717) is 0 Å². The number of carboxylic acids is 1. The van der Waals surface area contributed by atoms with Crippen LogP contribution in [-0.2, 0) is 11.3 Å². The van der Waals surface area contributed by atoms with Crippen molar-refractivity contribution in [1.82, 2.24) is 0 Å². The van der Waals surface area contributed by atoms with Gasteiger partial charge in [-0.05, 0) is 30.7 Å². The number of rotatable bonds is 8. The van der Waals surface area contributed by atoms with Gasteiger partial charge in [0, 0.05) is 12.2 Å². The molecule has 2 aromatic rings. The van der Waals surface area contributed by atoms with Crippen LogP contribution in [0, 0.1) is 0 Å². The molecule has 2 rings (SSSR count). The van der Waals surface area contributed by atoms with Gasteiger partial charge in [0.05, 0.1) is 0 Å². The molecule has 0 saturated heterocycles. The Kier molecular flexibility index (Phi) is 6.06. The molecule has 0 heterocycles. The molecule has 0 spiro atoms. The van der Waals surface area contributed by atoms with Crippen molar-refractivity contribution in [3.05, 3.63) is 65.2 Å². The highest BCUT2D eigenvalue weighted by Gasteiger charge is 2.21. The molecule has 0 aliphatic carbocycles. The van der Waals surface area contributed by atoms with Gasteiger partial charge >= 0.3 is 5.97 Å². The molecule has 6 heteroatoms. The maximum absolute atomic E-state index is 12.0. The fourth-order valence-corrected chi connectivity index (χ4v) is 2.09. The molecule has 0 aliphatic heterocycles. The van der Waals surface area contributed by atoms with Crippen LogP contribution in [0.3, 0.4) is 0 Å². The van der Waals surface area contributed by atoms with E-state index in [2.05, 4.69) is 0 Å². The van der Waals surface area contributed by atoms with Crippen LogP contribution >= 0.6 is 0 Å². The predicted molar refractivity (Wildman–Crippen MR) is 86.1 cm³/mol. The molecule has 126 valence electrons. The minimum atomic E-state index is -1.62. The van der Waals surface area contributed by atoms with Crippen LogP contribution < -0.4 is 4.74 Å². The molecule has 2 N–H and O–H groups in total. The highest BCUT2D eigenvalue weighted by atomic mass is 16.6. The highest BCUT2D eigenvalue weighted by molar-refractivity contribution is 6.01. The van der Waals surface area contributed by atoms with E-state index in [1.165, 1.54) is 18.2 Å². The number of carbonyl (C=O) groups is 2. The van der Waals surface area contributed by atoms with Crippen molar-refractivity contribution in [1.29, 1.82) is 0 Å². The molecule has 0 radical (unpaired) electrons. The van der Waals surface area contributed by atoms with E-state index in [4.69, 9.17) is 9.47 Å². The van der Waals surface area contributed by atoms with Gasteiger partial charge in [0.2, 0.25) is 12.1 Å². The average Bonchev–Trinajstić information content (AvgIpc) is 2.60. The normalized spacial score (nSPS) is 11.8. The van der Waals surface area contributed by atoms with E-state index in [1.54, 1.807) is 6.92 Å². The van der Waals surface area contributed by atoms with Gasteiger partial charge in [0.25, 0.3) is 0 Å². The zero-order valence-electron chi connectivity index (χ0n) is 13.1. The summed E-state index contributed by atoms with van der Waals surface area (Å²) in [5.74, 6) is -1.78. The second-order valence-electron chi connectivity index (χ2n) is 4.96. The number of ketones is 1. The second kappa shape index (κ2) is 8.24. The molecule has 0 saturated carbocycles. The monoisotopic (exact) mass is 330 g/mol. The van der Waals surface area contributed by atoms with Gasteiger partial charge in [-0.25, -0.2) is 4.79 Å². The summed E-state index contributed by atoms with van der Waals surface area (Å²) < 4.78 is 10.4. The van der Waals surface area contributed by atoms with E-state index in [-0.39, 0.29) is 30.1 Å². The third-order valence-electron chi connectivity index (χ3n) is 3.28. The van der Waals surface area contributed by atoms with Crippen LogP contribution in [-0.4, -0.2) is 34.9 Å². The molecule has 2 aromatic carbocycles. The number of ether oxygens (including phenoxy) is 2. The summed E-state index contributed by atoms with van der Waals surface area (Å²) in [6, 6.07) is 13.3. The van der Waals surface area contributed by atoms with Crippen molar-refractivity contribution in [2.24, 2.45) is 0 Å². The number of hydrogen-bond donors (Lipinski definition) is 2. The lowest BCUT2D eigenvalue weighted by molar-refractivity contribution is -0.0675. The lowest BCUT2D eigenvalue weighted by Crippen LogP contribution is -2.24. The zero-order valence-corrected chi connectivity index (χ0v) is 13.1. The fourth-order valence-electron chi connectivity index (χ4n) is 2.09. The summed E-state index contributed by atoms with van der Waals surface area (Å²) in [7, 11) is 0. The first-order valence-electron chi connectivity index (χ1n) is 7.41. The zero-order chi connectivity index (χ0) is 17.5. The van der Waals surface area contributed by atoms with Gasteiger partial charge in [-0.1, -0.05) is 30.3 Å². The maximum atomic E-state index is 12.0. The molecular formula is C18H18O6. The molecule has 0 aromatic heterocycles. The van der Waals surface area contributed by atoms with Crippen LogP contribution in [0.5, 0.6) is 5.75 Å². The third-order valence-corrected chi connectivity index (χ3v) is 3.28. The van der Waals surface area contributed by atoms with Gasteiger partial charge in [0.1, 0.15) is 17.9 Å². The standard InChI is InChI=1S/C18H18O6/c1-2-23-18(22)16(19)13-8-9-15(14(10-13)17(20)21)24-11-12-6-4-3-5-7-12/h3-10,18,22H,2,11H2,1H3,(H,20,21). The summed E-state index contributed by atoms with van der Waals surface area (Å²) in [6.45, 7) is 2.01. The minimum Gasteiger partial charge on any atom is -0.488 e. The number of hydrogen-bond acceptors (Lipinski definition) is 5. The lowest BCUT2D eigenvalue weighted by atomic mass is 10.1. The predicted octanol–water partition coefficient (Wildman–Crippen LogP) is 2.50. The highest BCUT2D eigenvalue weighted by Crippen LogP contribution is 2.22. The number of carbonyl (C=O) groups excluding carboxylic acids is 1. The first kappa shape index (κ1) is 17.7. The number of carboxylic acid groups (broad SMARTS) is 1. The Morgan fingerprint density at radius 2 is 1.83 bits per heavy atom. The van der Waals surface area contributed by atoms with E-state index in [1.807, 2.05) is 30.3 Å². The lowest BCUT2D eigenvalue weighted by Gasteiger charge is -2.13. The van der Waals surface area contributed by atoms with Crippen molar-refractivity contribution in [2.45, 2.75) is 19.8 Å². The topological polar surface area (TPSA) is 93.1 Å². The third kappa shape index (κ3) is 4.41. The smallest absolute Gasteiger partial charge is 0.339 e. The van der Waals surface area contributed by atoms with Gasteiger partial charge in [-0.15, -0.1) is 0 Å². The largest absolute Gasteiger partial charge is 0.488 e. The Balaban J connectivity index is 2.20. The van der Waals surface area contributed by atoms with Crippen molar-refractivity contribution >= 4 is 11.8 Å². The average molecular weight is 330 g/mol. The molecule has 6 nitrogen and oxygen atoms in total. The van der Waals surface area contributed by atoms with Crippen LogP contribution in [0.1, 0.15) is 33.2 Å². The maximum Gasteiger partial charge on any atom is 0.339 e. The van der Waals surface area contributed by atoms with Crippen LogP contribution in [0.25, 0.3) is 0 Å². The summed E-state index contributed by atoms with van der Waals surface area (Å²) in [6.07, 6.45) is -1.62. The van der Waals surface area contributed by atoms with E-state index in [0.717, 1.165) is 5.56 Å². The first-order valence-corrected chi connectivity index (χ1v) is 7.41. The Morgan fingerprint density at radius 1 is 1.12 bits per heavy atom. The van der Waals surface area contributed by atoms with Crippen LogP contribution in [0.2, 0.25) is 0 Å². The Bertz CT molecular complexity index is 711. The van der Waals surface area contributed by atoms with Crippen LogP contribution in [0.15, 0.2) is 48.5 Å². The number of Topliss-reactive ketones (excluding diaryl/α,β-unsaturated/α-hetero) is 1. The van der Waals surface area contributed by atoms with Gasteiger partial charge in [-0.2, -0.15) is 0 Å². The summed E-state index contributed by atoms with van der Waals surface area (Å²) in [4.78, 5) is 23.4. The van der Waals surface area contributed by atoms with Crippen molar-refractivity contribution < 1.29 is 29.3 Å². The van der Waals surface area contributed by atoms with E-state index >= 15 is 0 Å². The van der Waals surface area contributed by atoms with Gasteiger partial charge < -0.3 is 19.7 Å². The number of benzene rings is 2. The Morgan fingerprint density at radius 3 is 2.46 bits per heavy atom. The molecule has 1 atom stereocenters. The Hall–Kier alpha value is -2.70. The molecule has 0 aliphatic rings. The minimum absolute atomic E-state index is 0.0420. The molecule has 0 fully saturated rings. The molecule has 0 bridgehead atoms. The summed E-state index contributed by atoms with van der Waals surface area (Å²) >= 11 is 0. The molecular weight excluding hydrogens is 312 g/mol. The fraction of sp³-hybridized carbons (Fsp3) is 0.222. The van der Waals surface area contributed by atoms with Crippen molar-refractivity contribution in [3.63, 3.8) is 0 Å². The molecule has 1 unspecified atom stereocenters. The van der Waals surface area contributed by atoms with Gasteiger partial charge in [-0.3, -0.25) is 4.79 Å². The SMILES string of the molecule is CCOC(O)C(=O)c1ccc(OCc2ccccc2)c(C(=O)O)c1. The Labute approximate surface area is 139 Å². The first-order chi connectivity index (χ1) is 11.5. The number of aliphatic hydroxyl groups excluding tert-OH is 1. The summed E-state index contributed by atoms with van der Waals surface area (Å²) in [5, 5.41) is 18.9. The van der Waals surface area contributed by atoms with E-state index in [9.17, 15) is 19.8 Å². The quantitative estimate of drug-likeness (QED) is 0.570. The second-order valence-corrected chi connectivity index (χ2v) is 4.96. The van der Waals surface area contributed by atoms with Crippen molar-refractivity contribution in [2.75, 3.05) is 6.61 Å². The summed E-state index contributed by atoms with van der Waals surface area (Å²) in [5.41, 5.74) is 0.779. The molecule has 0 amide bonds. The van der Waals surface area contributed by atoms with Gasteiger partial charge in [0.15, 0.2) is 0 Å². The van der Waals surface area contributed by atoms with Crippen LogP contribution in [0.4, 0.5) is 0 Å². The number of aromatic carboxylic acids is 1. The molecule has 24 heavy (non-hydrogen) atoms. The van der Waals surface area contributed by atoms with Crippen molar-refractivity contribution in [3.8, 4) is 5.75 Å².